The molecule has 484 valence electrons. The van der Waals surface area contributed by atoms with Gasteiger partial charge in [0.1, 0.15) is 72.5 Å². The molecule has 2 fully saturated rings. The van der Waals surface area contributed by atoms with Crippen LogP contribution >= 0.6 is 0 Å². The van der Waals surface area contributed by atoms with Gasteiger partial charge in [-0.25, -0.2) is 0 Å². The Bertz CT molecular complexity index is 2450. The quantitative estimate of drug-likeness (QED) is 0.0383. The zero-order valence-electron chi connectivity index (χ0n) is 47.3. The second kappa shape index (κ2) is 36.7. The number of aliphatic hydroxyl groups is 9. The van der Waals surface area contributed by atoms with Gasteiger partial charge in [-0.15, -0.1) is 0 Å². The summed E-state index contributed by atoms with van der Waals surface area (Å²) in [6.07, 6.45) is -13.7. The van der Waals surface area contributed by atoms with E-state index in [1.54, 1.807) is 0 Å². The fourth-order valence-electron chi connectivity index (χ4n) is 9.08. The Balaban J connectivity index is 2.17. The van der Waals surface area contributed by atoms with E-state index in [9.17, 15) is 104 Å². The molecule has 2 heterocycles. The molecule has 2 aliphatic heterocycles. The number of amides is 11. The average Bonchev–Trinajstić information content (AvgIpc) is 3.43. The van der Waals surface area contributed by atoms with E-state index in [4.69, 9.17) is 26.7 Å². The minimum absolute atomic E-state index is 0.0549. The Morgan fingerprint density at radius 2 is 1.12 bits per heavy atom. The topological polar surface area (TPSA) is 583 Å². The zero-order valence-corrected chi connectivity index (χ0v) is 47.3. The lowest BCUT2D eigenvalue weighted by Crippen LogP contribution is -2.63. The lowest BCUT2D eigenvalue weighted by Gasteiger charge is -2.38. The molecule has 1 aromatic carbocycles. The molecule has 2 saturated heterocycles. The Morgan fingerprint density at radius 3 is 1.67 bits per heavy atom. The summed E-state index contributed by atoms with van der Waals surface area (Å²) in [5.41, 5.74) is 15.8. The monoisotopic (exact) mass is 1230 g/mol. The lowest BCUT2D eigenvalue weighted by molar-refractivity contribution is -0.293. The lowest BCUT2D eigenvalue weighted by atomic mass is 9.94. The minimum atomic E-state index is -2.68. The molecule has 2 aliphatic rings. The van der Waals surface area contributed by atoms with E-state index in [0.717, 1.165) is 69.2 Å². The van der Waals surface area contributed by atoms with Crippen molar-refractivity contribution >= 4 is 65.0 Å². The number of unbranched alkanes of at least 4 members (excludes halogenated alkanes) is 8. The molecule has 34 nitrogen and oxygen atoms in total. The van der Waals surface area contributed by atoms with Crippen LogP contribution in [-0.2, 0) is 62.2 Å². The number of benzene rings is 1. The van der Waals surface area contributed by atoms with Crippen molar-refractivity contribution in [3.8, 4) is 5.75 Å². The predicted molar refractivity (Wildman–Crippen MR) is 292 cm³/mol. The third-order valence-electron chi connectivity index (χ3n) is 13.9. The van der Waals surface area contributed by atoms with Crippen molar-refractivity contribution in [2.24, 2.45) is 17.2 Å². The number of carbonyl (C=O) groups is 11. The maximum atomic E-state index is 14.2. The Kier molecular flexibility index (Phi) is 31.1. The molecule has 0 saturated carbocycles. The summed E-state index contributed by atoms with van der Waals surface area (Å²) in [4.78, 5) is 147. The molecule has 0 aliphatic carbocycles. The van der Waals surface area contributed by atoms with Crippen molar-refractivity contribution in [1.29, 1.82) is 0 Å². The largest absolute Gasteiger partial charge is 0.508 e. The summed E-state index contributed by atoms with van der Waals surface area (Å²) in [6, 6.07) is -10.6. The zero-order chi connectivity index (χ0) is 64.4. The van der Waals surface area contributed by atoms with Crippen LogP contribution in [0.1, 0.15) is 108 Å². The Hall–Kier alpha value is -7.25. The molecular weight excluding hydrogens is 1150 g/mol. The van der Waals surface area contributed by atoms with Crippen molar-refractivity contribution < 1.29 is 113 Å². The van der Waals surface area contributed by atoms with Crippen LogP contribution in [0.4, 0.5) is 0 Å². The molecular formula is C52H83N11O23. The van der Waals surface area contributed by atoms with Gasteiger partial charge in [-0.05, 0) is 30.5 Å². The maximum Gasteiger partial charge on any atom is 0.248 e. The van der Waals surface area contributed by atoms with Gasteiger partial charge in [0.05, 0.1) is 51.4 Å². The number of carbonyl (C=O) groups excluding carboxylic acids is 11. The summed E-state index contributed by atoms with van der Waals surface area (Å²) in [6.45, 7) is -2.19. The average molecular weight is 1230 g/mol. The van der Waals surface area contributed by atoms with E-state index in [0.29, 0.717) is 12.8 Å². The molecule has 0 radical (unpaired) electrons. The second-order valence-electron chi connectivity index (χ2n) is 20.9. The highest BCUT2D eigenvalue weighted by molar-refractivity contribution is 6.00. The van der Waals surface area contributed by atoms with Crippen LogP contribution in [0.3, 0.4) is 0 Å². The highest BCUT2D eigenvalue weighted by atomic mass is 16.7. The van der Waals surface area contributed by atoms with Gasteiger partial charge in [0, 0.05) is 12.5 Å². The van der Waals surface area contributed by atoms with Crippen LogP contribution < -0.4 is 59.7 Å². The Morgan fingerprint density at radius 1 is 0.616 bits per heavy atom. The highest BCUT2D eigenvalue weighted by Gasteiger charge is 2.43. The van der Waals surface area contributed by atoms with Gasteiger partial charge < -0.3 is 120 Å². The van der Waals surface area contributed by atoms with Gasteiger partial charge in [-0.1, -0.05) is 76.8 Å². The molecule has 0 aromatic heterocycles. The summed E-state index contributed by atoms with van der Waals surface area (Å²) in [7, 11) is 0. The molecule has 4 unspecified atom stereocenters. The number of phenolic OH excluding ortho intramolecular Hbond substituents is 1. The number of hydrogen-bond donors (Lipinski definition) is 21. The van der Waals surface area contributed by atoms with Crippen molar-refractivity contribution in [3.05, 3.63) is 29.8 Å². The summed E-state index contributed by atoms with van der Waals surface area (Å²) in [5, 5.41) is 124. The van der Waals surface area contributed by atoms with Crippen molar-refractivity contribution in [3.63, 3.8) is 0 Å². The molecule has 24 N–H and O–H groups in total. The predicted octanol–water partition coefficient (Wildman–Crippen LogP) is -9.22. The van der Waals surface area contributed by atoms with Crippen molar-refractivity contribution in [1.82, 2.24) is 42.5 Å². The van der Waals surface area contributed by atoms with Gasteiger partial charge in [0.15, 0.2) is 12.4 Å². The number of aliphatic hydroxyl groups excluding tert-OH is 9. The van der Waals surface area contributed by atoms with Crippen LogP contribution in [0.15, 0.2) is 24.3 Å². The highest BCUT2D eigenvalue weighted by Crippen LogP contribution is 2.25. The molecule has 16 atom stereocenters. The standard InChI is InChI=1S/C52H83N11O23/c1-2-3-4-5-6-7-8-9-10-11-33(86-52-44(77)42(75)32(68)23-85-52)41(74)31(67)16-25-17-36(71)59-29(21-64)48(81)62-38(40(73)24-12-14-26(66)15-13-24)51(84)60-27(18-34(53)69)46(79)56-20-37(72)58-28(19-35(54)70)47(80)61-30(22-65)49(82)63-39(50(83)57-25)43(76)45(55)78/h12-15,25,27-33,38-44,52,64-68,73-77H,2-11,16-23H2,1H3,(H2,53,69)(H2,54,70)(H2,55,78)(H,56,79)(H,57,83)(H,58,72)(H,59,71)(H,60,84)(H,61,80)(H,62,81)(H,63,82)/t25?,27-,28?,29-,30+,31-,32-,33+,38?,39?,40-,41-,42+,43+,44-,52+/m1/s1. The number of aromatic hydroxyl groups is 1. The van der Waals surface area contributed by atoms with E-state index in [2.05, 4.69) is 28.2 Å². The van der Waals surface area contributed by atoms with Gasteiger partial charge in [0.2, 0.25) is 65.0 Å². The molecule has 0 spiro atoms. The molecule has 0 bridgehead atoms. The smallest absolute Gasteiger partial charge is 0.248 e. The number of nitrogens with one attached hydrogen (secondary N) is 8. The minimum Gasteiger partial charge on any atom is -0.508 e. The van der Waals surface area contributed by atoms with Gasteiger partial charge in [-0.3, -0.25) is 52.7 Å². The SMILES string of the molecule is CCCCCCCCCCC[C@H](O[C@@H]1OC[C@@H](O)[C@H](O)[C@H]1O)[C@H](O)[C@H](O)CC1CC(=O)N[C@H](CO)C(=O)NC([C@H](O)c2ccc(O)cc2)C(=O)N[C@H](CC(N)=O)C(=O)NCC(=O)NC(CC(N)=O)C(=O)N[C@@H](CO)C(=O)NC([C@H](O)C(N)=O)C(=O)N1. The van der Waals surface area contributed by atoms with Crippen LogP contribution in [0.25, 0.3) is 0 Å². The van der Waals surface area contributed by atoms with Gasteiger partial charge >= 0.3 is 0 Å². The van der Waals surface area contributed by atoms with E-state index in [1.165, 1.54) is 0 Å². The molecule has 3 rings (SSSR count). The van der Waals surface area contributed by atoms with E-state index < -0.39 is 214 Å². The molecule has 34 heteroatoms. The number of hydrogen-bond acceptors (Lipinski definition) is 23. The van der Waals surface area contributed by atoms with Crippen LogP contribution in [0.5, 0.6) is 5.75 Å². The van der Waals surface area contributed by atoms with Gasteiger partial charge in [-0.2, -0.15) is 0 Å². The third kappa shape index (κ3) is 23.9. The fraction of sp³-hybridized carbons (Fsp3) is 0.673. The maximum absolute atomic E-state index is 14.2. The number of primary amides is 3. The van der Waals surface area contributed by atoms with E-state index in [-0.39, 0.29) is 17.7 Å². The number of nitrogens with two attached hydrogens (primary N) is 3. The normalized spacial score (nSPS) is 27.3. The second-order valence-corrected chi connectivity index (χ2v) is 20.9. The van der Waals surface area contributed by atoms with E-state index >= 15 is 0 Å². The van der Waals surface area contributed by atoms with Crippen molar-refractivity contribution in [2.45, 2.75) is 194 Å². The number of rotatable bonds is 26. The molecule has 11 amide bonds. The summed E-state index contributed by atoms with van der Waals surface area (Å²) >= 11 is 0. The van der Waals surface area contributed by atoms with Crippen LogP contribution in [-0.4, -0.2) is 234 Å². The first-order valence-corrected chi connectivity index (χ1v) is 27.9. The molecule has 1 aromatic rings. The Labute approximate surface area is 493 Å². The fourth-order valence-corrected chi connectivity index (χ4v) is 9.08. The van der Waals surface area contributed by atoms with Crippen LogP contribution in [0.2, 0.25) is 0 Å². The summed E-state index contributed by atoms with van der Waals surface area (Å²) in [5.74, 6) is -15.9. The summed E-state index contributed by atoms with van der Waals surface area (Å²) < 4.78 is 11.3. The van der Waals surface area contributed by atoms with Gasteiger partial charge in [0.25, 0.3) is 0 Å². The number of ether oxygens (including phenoxy) is 2. The van der Waals surface area contributed by atoms with E-state index in [1.807, 2.05) is 21.3 Å². The van der Waals surface area contributed by atoms with Crippen molar-refractivity contribution in [2.75, 3.05) is 26.4 Å². The number of phenols is 1. The van der Waals surface area contributed by atoms with Crippen LogP contribution in [0, 0.1) is 0 Å². The first-order valence-electron chi connectivity index (χ1n) is 27.9. The first kappa shape index (κ1) is 73.0. The molecule has 86 heavy (non-hydrogen) atoms. The first-order chi connectivity index (χ1) is 40.6. The third-order valence-corrected chi connectivity index (χ3v) is 13.9.